The summed E-state index contributed by atoms with van der Waals surface area (Å²) in [6, 6.07) is 17.6. The molecule has 366 valence electrons. The van der Waals surface area contributed by atoms with Crippen LogP contribution in [0.2, 0.25) is 0 Å². The number of hydrogen-bond acceptors (Lipinski definition) is 11. The fraction of sp³-hybridized carbons (Fsp3) is 0.480. The van der Waals surface area contributed by atoms with Gasteiger partial charge in [0.25, 0.3) is 15.8 Å². The summed E-state index contributed by atoms with van der Waals surface area (Å²) in [5.41, 5.74) is 15.9. The number of allylic oxidation sites excluding steroid dienone is 6. The molecule has 0 aromatic heterocycles. The highest BCUT2D eigenvalue weighted by Crippen LogP contribution is 2.48. The zero-order valence-corrected chi connectivity index (χ0v) is 40.7. The van der Waals surface area contributed by atoms with E-state index < -0.39 is 20.5 Å². The smallest absolute Gasteiger partial charge is 0.294 e. The molecule has 0 aliphatic carbocycles. The van der Waals surface area contributed by atoms with Gasteiger partial charge < -0.3 is 29.2 Å². The van der Waals surface area contributed by atoms with Crippen LogP contribution >= 0.6 is 0 Å². The summed E-state index contributed by atoms with van der Waals surface area (Å²) < 4.78 is 59.3. The zero-order chi connectivity index (χ0) is 49.2. The Balaban J connectivity index is 1.14. The van der Waals surface area contributed by atoms with Crippen molar-refractivity contribution < 1.29 is 46.2 Å². The molecule has 5 rings (SSSR count). The second-order valence-corrected chi connectivity index (χ2v) is 19.1. The molecule has 17 nitrogen and oxygen atoms in total. The van der Waals surface area contributed by atoms with Crippen LogP contribution in [0.1, 0.15) is 82.1 Å². The fourth-order valence-corrected chi connectivity index (χ4v) is 8.91. The predicted octanol–water partition coefficient (Wildman–Crippen LogP) is 8.96. The van der Waals surface area contributed by atoms with Gasteiger partial charge in [-0.05, 0) is 93.1 Å². The van der Waals surface area contributed by atoms with Crippen molar-refractivity contribution in [3.63, 3.8) is 0 Å². The van der Waals surface area contributed by atoms with Gasteiger partial charge in [0, 0.05) is 84.0 Å². The average Bonchev–Trinajstić information content (AvgIpc) is 3.64. The van der Waals surface area contributed by atoms with Crippen LogP contribution in [0.5, 0.6) is 0 Å². The molecule has 0 fully saturated rings. The number of nitrogens with one attached hydrogen (secondary N) is 1. The van der Waals surface area contributed by atoms with Crippen LogP contribution in [0.15, 0.2) is 107 Å². The Morgan fingerprint density at radius 3 is 2.24 bits per heavy atom. The van der Waals surface area contributed by atoms with Crippen LogP contribution in [0.3, 0.4) is 0 Å². The highest BCUT2D eigenvalue weighted by molar-refractivity contribution is 7.85. The Morgan fingerprint density at radius 1 is 0.868 bits per heavy atom. The Morgan fingerprint density at radius 2 is 1.56 bits per heavy atom. The van der Waals surface area contributed by atoms with E-state index in [0.717, 1.165) is 46.8 Å². The van der Waals surface area contributed by atoms with E-state index in [0.29, 0.717) is 98.3 Å². The van der Waals surface area contributed by atoms with Crippen molar-refractivity contribution in [2.24, 2.45) is 5.11 Å². The fourth-order valence-electron chi connectivity index (χ4n) is 8.41. The maximum Gasteiger partial charge on any atom is 0.294 e. The molecule has 0 radical (unpaired) electrons. The lowest BCUT2D eigenvalue weighted by atomic mass is 9.81. The van der Waals surface area contributed by atoms with Crippen molar-refractivity contribution in [1.29, 1.82) is 0 Å². The van der Waals surface area contributed by atoms with Gasteiger partial charge in [0.1, 0.15) is 6.54 Å². The number of nitrogens with zero attached hydrogens (tertiary/aromatic N) is 6. The summed E-state index contributed by atoms with van der Waals surface area (Å²) in [5.74, 6) is -0.0361. The van der Waals surface area contributed by atoms with Crippen LogP contribution in [0.25, 0.3) is 10.4 Å². The average molecular weight is 957 g/mol. The maximum atomic E-state index is 12.3. The van der Waals surface area contributed by atoms with Gasteiger partial charge in [-0.1, -0.05) is 54.9 Å². The molecule has 68 heavy (non-hydrogen) atoms. The number of amides is 1. The maximum absolute atomic E-state index is 12.3. The van der Waals surface area contributed by atoms with E-state index in [2.05, 4.69) is 75.9 Å². The molecular weight excluding hydrogens is 891 g/mol. The first-order valence-electron chi connectivity index (χ1n) is 23.1. The van der Waals surface area contributed by atoms with Crippen molar-refractivity contribution in [2.75, 3.05) is 77.3 Å². The molecule has 2 aliphatic rings. The number of non-ortho nitro benzene ring substituents is 1. The summed E-state index contributed by atoms with van der Waals surface area (Å²) in [7, 11) is -4.41. The summed E-state index contributed by atoms with van der Waals surface area (Å²) in [5, 5.41) is 17.2. The minimum atomic E-state index is -4.41. The number of benzene rings is 3. The second kappa shape index (κ2) is 25.6. The highest BCUT2D eigenvalue weighted by atomic mass is 32.2. The molecule has 0 saturated carbocycles. The Bertz CT molecular complexity index is 2490. The quantitative estimate of drug-likeness (QED) is 0.00770. The van der Waals surface area contributed by atoms with Crippen LogP contribution < -0.4 is 10.2 Å². The van der Waals surface area contributed by atoms with Crippen molar-refractivity contribution in [1.82, 2.24) is 5.32 Å². The van der Waals surface area contributed by atoms with Gasteiger partial charge in [0.15, 0.2) is 5.71 Å². The molecule has 0 saturated heterocycles. The topological polar surface area (TPSA) is 219 Å². The van der Waals surface area contributed by atoms with Crippen LogP contribution in [-0.4, -0.2) is 107 Å². The molecular formula is C50H66N7O10S+. The predicted molar refractivity (Wildman–Crippen MR) is 262 cm³/mol. The number of aryl methyl sites for hydroxylation is 1. The number of nitro benzene ring substituents is 1. The third-order valence-electron chi connectivity index (χ3n) is 12.0. The molecule has 0 bridgehead atoms. The van der Waals surface area contributed by atoms with E-state index in [-0.39, 0.29) is 21.9 Å². The first kappa shape index (κ1) is 53.2. The molecule has 18 heteroatoms. The number of unbranched alkanes of at least 4 members (excludes halogenated alkanes) is 2. The number of hydrogen-bond donors (Lipinski definition) is 2. The zero-order valence-electron chi connectivity index (χ0n) is 39.9. The molecule has 2 N–H and O–H groups in total. The van der Waals surface area contributed by atoms with Gasteiger partial charge >= 0.3 is 0 Å². The lowest BCUT2D eigenvalue weighted by Gasteiger charge is -2.27. The molecule has 0 atom stereocenters. The number of rotatable bonds is 29. The third-order valence-corrected chi connectivity index (χ3v) is 12.9. The SMILES string of the molecule is Cc1ccc2c(c1)C(C)(C)C(=CC=CC=CC1=[N+](CCCCCC(=O)NCCCN=[N+]=[N-])c3ccc(S(=O)(=O)O)cc3C1(C)C)N2CCOCCOCCOCCOCc1ccc([N+](=O)[O-])cc1. The molecule has 1 amide bonds. The van der Waals surface area contributed by atoms with E-state index in [1.807, 2.05) is 32.1 Å². The summed E-state index contributed by atoms with van der Waals surface area (Å²) in [6.45, 7) is 16.1. The number of azide groups is 1. The first-order chi connectivity index (χ1) is 32.5. The second-order valence-electron chi connectivity index (χ2n) is 17.7. The Labute approximate surface area is 400 Å². The van der Waals surface area contributed by atoms with Crippen molar-refractivity contribution in [3.8, 4) is 0 Å². The molecule has 2 aliphatic heterocycles. The monoisotopic (exact) mass is 956 g/mol. The van der Waals surface area contributed by atoms with Gasteiger partial charge in [-0.25, -0.2) is 0 Å². The summed E-state index contributed by atoms with van der Waals surface area (Å²) in [4.78, 5) is 27.6. The molecule has 0 spiro atoms. The summed E-state index contributed by atoms with van der Waals surface area (Å²) in [6.07, 6.45) is 13.5. The van der Waals surface area contributed by atoms with Gasteiger partial charge in [-0.3, -0.25) is 19.5 Å². The van der Waals surface area contributed by atoms with Crippen molar-refractivity contribution >= 4 is 38.8 Å². The van der Waals surface area contributed by atoms with E-state index in [1.54, 1.807) is 24.3 Å². The lowest BCUT2D eigenvalue weighted by Crippen LogP contribution is -2.29. The highest BCUT2D eigenvalue weighted by Gasteiger charge is 2.45. The molecule has 0 unspecified atom stereocenters. The number of carbonyl (C=O) groups is 1. The van der Waals surface area contributed by atoms with E-state index in [9.17, 15) is 27.9 Å². The standard InChI is InChI=1S/C50H65N7O10S/c1-38-16-22-44-42(35-38)49(2,3)47(56(44)27-28-64-29-30-65-31-32-66-33-34-67-37-39-17-19-40(20-18-39)57(59)60)14-9-6-8-13-46-50(4,5)43-36-41(68(61,62)63)21-23-45(43)55(46)26-11-7-10-15-48(58)52-24-12-25-53-54-51/h6,8-9,13-14,16-23,35-36H,7,10-12,15,24-34,37H2,1-5H3,(H-,52,58,61,62,63)/p+1. The Kier molecular flexibility index (Phi) is 20.0. The van der Waals surface area contributed by atoms with Gasteiger partial charge in [-0.15, -0.1) is 0 Å². The molecule has 3 aromatic rings. The number of ether oxygens (including phenoxy) is 4. The number of nitro groups is 1. The first-order valence-corrected chi connectivity index (χ1v) is 24.5. The van der Waals surface area contributed by atoms with Crippen LogP contribution in [0.4, 0.5) is 17.1 Å². The van der Waals surface area contributed by atoms with E-state index >= 15 is 0 Å². The minimum absolute atomic E-state index is 0.0361. The normalized spacial score (nSPS) is 15.6. The van der Waals surface area contributed by atoms with E-state index in [4.69, 9.17) is 24.5 Å². The lowest BCUT2D eigenvalue weighted by molar-refractivity contribution is -0.438. The van der Waals surface area contributed by atoms with Crippen LogP contribution in [0, 0.1) is 17.0 Å². The largest absolute Gasteiger partial charge is 0.377 e. The number of carbonyl (C=O) groups excluding carboxylic acids is 1. The van der Waals surface area contributed by atoms with Gasteiger partial charge in [0.2, 0.25) is 11.6 Å². The van der Waals surface area contributed by atoms with Crippen molar-refractivity contribution in [2.45, 2.75) is 89.1 Å². The third kappa shape index (κ3) is 14.9. The van der Waals surface area contributed by atoms with E-state index in [1.165, 1.54) is 29.3 Å². The number of fused-ring (bicyclic) bond motifs is 2. The van der Waals surface area contributed by atoms with Gasteiger partial charge in [-0.2, -0.15) is 13.0 Å². The number of anilines is 1. The molecule has 2 heterocycles. The molecule has 3 aromatic carbocycles. The van der Waals surface area contributed by atoms with Crippen LogP contribution in [-0.2, 0) is 51.3 Å². The minimum Gasteiger partial charge on any atom is -0.377 e. The Hall–Kier alpha value is -5.72. The van der Waals surface area contributed by atoms with Gasteiger partial charge in [0.05, 0.1) is 68.1 Å². The summed E-state index contributed by atoms with van der Waals surface area (Å²) >= 11 is 0. The van der Waals surface area contributed by atoms with Crippen molar-refractivity contribution in [3.05, 3.63) is 140 Å².